The zero-order valence-corrected chi connectivity index (χ0v) is 14.7. The Labute approximate surface area is 142 Å². The Balaban J connectivity index is 2.41. The van der Waals surface area contributed by atoms with Crippen LogP contribution in [0.4, 0.5) is 5.69 Å². The van der Waals surface area contributed by atoms with Crippen LogP contribution in [0.25, 0.3) is 0 Å². The number of benzene rings is 1. The van der Waals surface area contributed by atoms with E-state index in [-0.39, 0.29) is 24.8 Å². The summed E-state index contributed by atoms with van der Waals surface area (Å²) in [6, 6.07) is 5.22. The first-order valence-electron chi connectivity index (χ1n) is 5.20. The average Bonchev–Trinajstić information content (AvgIpc) is 2.67. The molecule has 0 saturated carbocycles. The molecule has 0 saturated heterocycles. The van der Waals surface area contributed by atoms with E-state index in [0.717, 1.165) is 11.3 Å². The second-order valence-corrected chi connectivity index (χ2v) is 8.68. The van der Waals surface area contributed by atoms with Gasteiger partial charge in [0.15, 0.2) is 0 Å². The van der Waals surface area contributed by atoms with Gasteiger partial charge in [-0.3, -0.25) is 4.72 Å². The lowest BCUT2D eigenvalue weighted by Gasteiger charge is -2.08. The van der Waals surface area contributed by atoms with Crippen molar-refractivity contribution in [3.8, 4) is 0 Å². The molecule has 0 aliphatic heterocycles. The highest BCUT2D eigenvalue weighted by Crippen LogP contribution is 2.35. The maximum absolute atomic E-state index is 12.2. The summed E-state index contributed by atoms with van der Waals surface area (Å²) in [5.74, 6) is -1.17. The third kappa shape index (κ3) is 3.89. The fourth-order valence-corrected chi connectivity index (χ4v) is 5.17. The van der Waals surface area contributed by atoms with Crippen molar-refractivity contribution in [3.63, 3.8) is 0 Å². The molecule has 0 atom stereocenters. The molecular formula is C11H6BrCl2NO4S2. The lowest BCUT2D eigenvalue weighted by Crippen LogP contribution is -2.13. The average molecular weight is 431 g/mol. The van der Waals surface area contributed by atoms with Crippen LogP contribution >= 0.6 is 50.5 Å². The van der Waals surface area contributed by atoms with Crippen molar-refractivity contribution in [2.45, 2.75) is 4.90 Å². The summed E-state index contributed by atoms with van der Waals surface area (Å²) in [6.07, 6.45) is 0. The van der Waals surface area contributed by atoms with Crippen LogP contribution < -0.4 is 4.72 Å². The highest BCUT2D eigenvalue weighted by molar-refractivity contribution is 9.10. The molecule has 1 aromatic heterocycles. The molecule has 0 unspecified atom stereocenters. The molecule has 0 amide bonds. The fourth-order valence-electron chi connectivity index (χ4n) is 1.49. The Kier molecular flexibility index (Phi) is 4.84. The first-order valence-corrected chi connectivity index (χ1v) is 9.05. The summed E-state index contributed by atoms with van der Waals surface area (Å²) >= 11 is 15.6. The van der Waals surface area contributed by atoms with Gasteiger partial charge in [0.05, 0.1) is 15.6 Å². The number of thiophene rings is 1. The molecule has 112 valence electrons. The fraction of sp³-hybridized carbons (Fsp3) is 0. The van der Waals surface area contributed by atoms with E-state index >= 15 is 0 Å². The van der Waals surface area contributed by atoms with E-state index in [2.05, 4.69) is 20.7 Å². The van der Waals surface area contributed by atoms with Crippen molar-refractivity contribution in [3.05, 3.63) is 43.0 Å². The number of rotatable bonds is 4. The van der Waals surface area contributed by atoms with Crippen LogP contribution in [0.1, 0.15) is 10.4 Å². The molecule has 2 rings (SSSR count). The maximum atomic E-state index is 12.2. The lowest BCUT2D eigenvalue weighted by atomic mass is 10.2. The lowest BCUT2D eigenvalue weighted by molar-refractivity contribution is 0.0697. The van der Waals surface area contributed by atoms with Crippen molar-refractivity contribution < 1.29 is 18.3 Å². The van der Waals surface area contributed by atoms with Crippen molar-refractivity contribution >= 4 is 72.1 Å². The second kappa shape index (κ2) is 6.13. The smallest absolute Gasteiger partial charge is 0.335 e. The third-order valence-corrected chi connectivity index (χ3v) is 5.90. The molecule has 10 heteroatoms. The van der Waals surface area contributed by atoms with E-state index in [0.29, 0.717) is 4.47 Å². The zero-order valence-electron chi connectivity index (χ0n) is 9.93. The molecule has 0 spiro atoms. The highest BCUT2D eigenvalue weighted by Gasteiger charge is 2.21. The predicted octanol–water partition coefficient (Wildman–Crippen LogP) is 4.32. The van der Waals surface area contributed by atoms with Gasteiger partial charge in [0.2, 0.25) is 0 Å². The van der Waals surface area contributed by atoms with Crippen LogP contribution in [0.5, 0.6) is 0 Å². The van der Waals surface area contributed by atoms with Crippen molar-refractivity contribution in [2.75, 3.05) is 4.72 Å². The Morgan fingerprint density at radius 3 is 2.43 bits per heavy atom. The first-order chi connectivity index (χ1) is 9.69. The van der Waals surface area contributed by atoms with Gasteiger partial charge in [-0.1, -0.05) is 39.1 Å². The molecular weight excluding hydrogens is 425 g/mol. The summed E-state index contributed by atoms with van der Waals surface area (Å²) in [5, 5.41) is 8.96. The molecule has 2 aromatic rings. The topological polar surface area (TPSA) is 83.5 Å². The minimum atomic E-state index is -3.95. The van der Waals surface area contributed by atoms with E-state index in [4.69, 9.17) is 28.3 Å². The number of nitrogens with one attached hydrogen (secondary N) is 1. The first kappa shape index (κ1) is 16.6. The highest BCUT2D eigenvalue weighted by atomic mass is 79.9. The normalized spacial score (nSPS) is 11.4. The van der Waals surface area contributed by atoms with Crippen LogP contribution in [-0.2, 0) is 10.0 Å². The van der Waals surface area contributed by atoms with Crippen molar-refractivity contribution in [1.29, 1.82) is 0 Å². The molecule has 1 heterocycles. The van der Waals surface area contributed by atoms with Gasteiger partial charge in [0.1, 0.15) is 9.23 Å². The number of carbonyl (C=O) groups is 1. The Bertz CT molecular complexity index is 820. The van der Waals surface area contributed by atoms with Gasteiger partial charge in [0.25, 0.3) is 10.0 Å². The van der Waals surface area contributed by atoms with Gasteiger partial charge in [-0.2, -0.15) is 0 Å². The second-order valence-electron chi connectivity index (χ2n) is 3.83. The molecule has 5 nitrogen and oxygen atoms in total. The summed E-state index contributed by atoms with van der Waals surface area (Å²) in [6.45, 7) is 0. The van der Waals surface area contributed by atoms with E-state index in [1.54, 1.807) is 0 Å². The van der Waals surface area contributed by atoms with Crippen LogP contribution in [0, 0.1) is 0 Å². The summed E-state index contributed by atoms with van der Waals surface area (Å²) in [7, 11) is -3.95. The van der Waals surface area contributed by atoms with Crippen LogP contribution in [0.2, 0.25) is 8.67 Å². The maximum Gasteiger partial charge on any atom is 0.335 e. The van der Waals surface area contributed by atoms with Gasteiger partial charge < -0.3 is 5.11 Å². The standard InChI is InChI=1S/C11H6BrCl2NO4S2/c12-6-1-5(11(16)17)2-7(3-6)15-21(18,19)8-4-9(13)20-10(8)14/h1-4,15H,(H,16,17). The number of carboxylic acids is 1. The van der Waals surface area contributed by atoms with Crippen molar-refractivity contribution in [1.82, 2.24) is 0 Å². The van der Waals surface area contributed by atoms with Crippen LogP contribution in [0.15, 0.2) is 33.6 Å². The van der Waals surface area contributed by atoms with E-state index in [1.807, 2.05) is 0 Å². The largest absolute Gasteiger partial charge is 0.478 e. The Morgan fingerprint density at radius 2 is 1.90 bits per heavy atom. The van der Waals surface area contributed by atoms with E-state index in [1.165, 1.54) is 24.3 Å². The molecule has 0 aliphatic carbocycles. The van der Waals surface area contributed by atoms with Gasteiger partial charge in [-0.25, -0.2) is 13.2 Å². The van der Waals surface area contributed by atoms with Gasteiger partial charge in [-0.05, 0) is 24.3 Å². The van der Waals surface area contributed by atoms with E-state index < -0.39 is 16.0 Å². The van der Waals surface area contributed by atoms with Gasteiger partial charge >= 0.3 is 5.97 Å². The summed E-state index contributed by atoms with van der Waals surface area (Å²) in [4.78, 5) is 10.8. The number of halogens is 3. The number of carboxylic acid groups (broad SMARTS) is 1. The zero-order chi connectivity index (χ0) is 15.8. The number of hydrogen-bond donors (Lipinski definition) is 2. The predicted molar refractivity (Wildman–Crippen MR) is 86.2 cm³/mol. The minimum absolute atomic E-state index is 0.0287. The summed E-state index contributed by atoms with van der Waals surface area (Å²) < 4.78 is 27.4. The van der Waals surface area contributed by atoms with Gasteiger partial charge in [-0.15, -0.1) is 11.3 Å². The van der Waals surface area contributed by atoms with Gasteiger partial charge in [0, 0.05) is 4.47 Å². The molecule has 2 N–H and O–H groups in total. The molecule has 0 radical (unpaired) electrons. The quantitative estimate of drug-likeness (QED) is 0.756. The Morgan fingerprint density at radius 1 is 1.24 bits per heavy atom. The number of anilines is 1. The molecule has 0 fully saturated rings. The van der Waals surface area contributed by atoms with E-state index in [9.17, 15) is 13.2 Å². The monoisotopic (exact) mass is 429 g/mol. The SMILES string of the molecule is O=C(O)c1cc(Br)cc(NS(=O)(=O)c2cc(Cl)sc2Cl)c1. The molecule has 0 aliphatic rings. The molecule has 21 heavy (non-hydrogen) atoms. The number of sulfonamides is 1. The molecule has 1 aromatic carbocycles. The summed E-state index contributed by atoms with van der Waals surface area (Å²) in [5.41, 5.74) is 0.0386. The van der Waals surface area contributed by atoms with Crippen LogP contribution in [0.3, 0.4) is 0 Å². The minimum Gasteiger partial charge on any atom is -0.478 e. The number of hydrogen-bond acceptors (Lipinski definition) is 4. The Hall–Kier alpha value is -0.800. The molecule has 0 bridgehead atoms. The van der Waals surface area contributed by atoms with Crippen molar-refractivity contribution in [2.24, 2.45) is 0 Å². The number of aromatic carboxylic acids is 1. The van der Waals surface area contributed by atoms with Crippen LogP contribution in [-0.4, -0.2) is 19.5 Å². The third-order valence-electron chi connectivity index (χ3n) is 2.31.